The Morgan fingerprint density at radius 2 is 2.31 bits per heavy atom. The summed E-state index contributed by atoms with van der Waals surface area (Å²) in [5.41, 5.74) is 0. The van der Waals surface area contributed by atoms with E-state index in [-0.39, 0.29) is 0 Å². The second-order valence-electron chi connectivity index (χ2n) is 3.60. The minimum atomic E-state index is 0.598. The number of hydrogen-bond donors (Lipinski definition) is 1. The zero-order valence-corrected chi connectivity index (χ0v) is 9.47. The van der Waals surface area contributed by atoms with Crippen LogP contribution in [0.15, 0.2) is 16.8 Å². The van der Waals surface area contributed by atoms with Crippen LogP contribution in [0, 0.1) is 6.92 Å². The molecular formula is C10H15N5O. The number of nitrogens with one attached hydrogen (secondary N) is 1. The summed E-state index contributed by atoms with van der Waals surface area (Å²) < 4.78 is 7.25. The predicted molar refractivity (Wildman–Crippen MR) is 57.7 cm³/mol. The van der Waals surface area contributed by atoms with E-state index < -0.39 is 0 Å². The van der Waals surface area contributed by atoms with Crippen molar-refractivity contribution in [3.05, 3.63) is 30.0 Å². The highest BCUT2D eigenvalue weighted by Crippen LogP contribution is 1.97. The van der Waals surface area contributed by atoms with E-state index in [0.717, 1.165) is 18.8 Å². The zero-order valence-electron chi connectivity index (χ0n) is 9.47. The van der Waals surface area contributed by atoms with Crippen LogP contribution in [0.3, 0.4) is 0 Å². The van der Waals surface area contributed by atoms with Crippen molar-refractivity contribution in [2.45, 2.75) is 19.9 Å². The standard InChI is InChI=1S/C10H15N5O/c1-8-13-14-10(16-8)7-11-4-3-9-12-5-6-15(9)2/h5-6,11H,3-4,7H2,1-2H3. The minimum Gasteiger partial charge on any atom is -0.424 e. The summed E-state index contributed by atoms with van der Waals surface area (Å²) in [5, 5.41) is 10.9. The van der Waals surface area contributed by atoms with Crippen molar-refractivity contribution in [2.75, 3.05) is 6.54 Å². The lowest BCUT2D eigenvalue weighted by atomic mass is 10.4. The summed E-state index contributed by atoms with van der Waals surface area (Å²) in [7, 11) is 1.99. The Bertz CT molecular complexity index is 448. The van der Waals surface area contributed by atoms with Gasteiger partial charge in [-0.3, -0.25) is 0 Å². The Kier molecular flexibility index (Phi) is 3.31. The van der Waals surface area contributed by atoms with Crippen LogP contribution in [0.4, 0.5) is 0 Å². The van der Waals surface area contributed by atoms with Crippen molar-refractivity contribution in [1.29, 1.82) is 0 Å². The molecule has 0 saturated heterocycles. The van der Waals surface area contributed by atoms with Crippen molar-refractivity contribution >= 4 is 0 Å². The molecule has 0 spiro atoms. The topological polar surface area (TPSA) is 68.8 Å². The Balaban J connectivity index is 1.71. The minimum absolute atomic E-state index is 0.598. The van der Waals surface area contributed by atoms with Gasteiger partial charge < -0.3 is 14.3 Å². The third kappa shape index (κ3) is 2.66. The molecule has 6 heteroatoms. The molecule has 0 saturated carbocycles. The summed E-state index contributed by atoms with van der Waals surface area (Å²) in [6, 6.07) is 0. The number of hydrogen-bond acceptors (Lipinski definition) is 5. The van der Waals surface area contributed by atoms with E-state index in [2.05, 4.69) is 20.5 Å². The van der Waals surface area contributed by atoms with Gasteiger partial charge in [-0.2, -0.15) is 0 Å². The van der Waals surface area contributed by atoms with Crippen molar-refractivity contribution in [3.63, 3.8) is 0 Å². The molecule has 1 N–H and O–H groups in total. The lowest BCUT2D eigenvalue weighted by Gasteiger charge is -2.02. The van der Waals surface area contributed by atoms with E-state index in [0.29, 0.717) is 18.3 Å². The van der Waals surface area contributed by atoms with Gasteiger partial charge in [-0.15, -0.1) is 10.2 Å². The smallest absolute Gasteiger partial charge is 0.230 e. The van der Waals surface area contributed by atoms with Crippen molar-refractivity contribution in [3.8, 4) is 0 Å². The number of aromatic nitrogens is 4. The van der Waals surface area contributed by atoms with E-state index in [9.17, 15) is 0 Å². The highest BCUT2D eigenvalue weighted by atomic mass is 16.4. The van der Waals surface area contributed by atoms with Gasteiger partial charge in [-0.25, -0.2) is 4.98 Å². The average Bonchev–Trinajstić information content (AvgIpc) is 2.83. The van der Waals surface area contributed by atoms with Crippen molar-refractivity contribution in [1.82, 2.24) is 25.1 Å². The Hall–Kier alpha value is -1.69. The molecule has 0 radical (unpaired) electrons. The number of imidazole rings is 1. The molecule has 0 unspecified atom stereocenters. The molecule has 0 aromatic carbocycles. The van der Waals surface area contributed by atoms with Crippen LogP contribution >= 0.6 is 0 Å². The molecule has 2 aromatic heterocycles. The summed E-state index contributed by atoms with van der Waals surface area (Å²) in [6.07, 6.45) is 4.63. The van der Waals surface area contributed by atoms with E-state index >= 15 is 0 Å². The van der Waals surface area contributed by atoms with Crippen LogP contribution in [-0.2, 0) is 20.0 Å². The monoisotopic (exact) mass is 221 g/mol. The average molecular weight is 221 g/mol. The molecular weight excluding hydrogens is 206 g/mol. The lowest BCUT2D eigenvalue weighted by molar-refractivity contribution is 0.447. The van der Waals surface area contributed by atoms with Gasteiger partial charge in [-0.1, -0.05) is 0 Å². The molecule has 6 nitrogen and oxygen atoms in total. The molecule has 0 atom stereocenters. The third-order valence-corrected chi connectivity index (χ3v) is 2.29. The van der Waals surface area contributed by atoms with E-state index in [4.69, 9.17) is 4.42 Å². The van der Waals surface area contributed by atoms with Gasteiger partial charge in [0.2, 0.25) is 11.8 Å². The fourth-order valence-corrected chi connectivity index (χ4v) is 1.44. The van der Waals surface area contributed by atoms with Crippen molar-refractivity contribution in [2.24, 2.45) is 7.05 Å². The van der Waals surface area contributed by atoms with Gasteiger partial charge in [0.25, 0.3) is 0 Å². The summed E-state index contributed by atoms with van der Waals surface area (Å²) in [4.78, 5) is 4.24. The maximum Gasteiger partial charge on any atom is 0.230 e. The van der Waals surface area contributed by atoms with E-state index in [1.807, 2.05) is 17.8 Å². The largest absolute Gasteiger partial charge is 0.424 e. The van der Waals surface area contributed by atoms with E-state index in [1.165, 1.54) is 0 Å². The van der Waals surface area contributed by atoms with Crippen LogP contribution in [0.2, 0.25) is 0 Å². The predicted octanol–water partition coefficient (Wildman–Crippen LogP) is 0.444. The highest BCUT2D eigenvalue weighted by molar-refractivity contribution is 4.91. The van der Waals surface area contributed by atoms with E-state index in [1.54, 1.807) is 13.1 Å². The highest BCUT2D eigenvalue weighted by Gasteiger charge is 2.02. The van der Waals surface area contributed by atoms with Crippen LogP contribution in [0.25, 0.3) is 0 Å². The molecule has 2 heterocycles. The van der Waals surface area contributed by atoms with Gasteiger partial charge in [0.15, 0.2) is 0 Å². The maximum absolute atomic E-state index is 5.24. The first-order valence-electron chi connectivity index (χ1n) is 5.21. The van der Waals surface area contributed by atoms with Crippen LogP contribution in [0.1, 0.15) is 17.6 Å². The fraction of sp³-hybridized carbons (Fsp3) is 0.500. The second-order valence-corrected chi connectivity index (χ2v) is 3.60. The Labute approximate surface area is 93.7 Å². The molecule has 0 aliphatic heterocycles. The first kappa shape index (κ1) is 10.8. The van der Waals surface area contributed by atoms with Gasteiger partial charge in [-0.05, 0) is 0 Å². The number of nitrogens with zero attached hydrogens (tertiary/aromatic N) is 4. The first-order valence-corrected chi connectivity index (χ1v) is 5.21. The van der Waals surface area contributed by atoms with Gasteiger partial charge in [0, 0.05) is 39.3 Å². The molecule has 2 rings (SSSR count). The van der Waals surface area contributed by atoms with Crippen LogP contribution in [-0.4, -0.2) is 26.3 Å². The third-order valence-electron chi connectivity index (χ3n) is 2.29. The van der Waals surface area contributed by atoms with Gasteiger partial charge in [0.05, 0.1) is 6.54 Å². The lowest BCUT2D eigenvalue weighted by Crippen LogP contribution is -2.18. The molecule has 0 aliphatic rings. The quantitative estimate of drug-likeness (QED) is 0.742. The molecule has 86 valence electrons. The molecule has 0 amide bonds. The number of rotatable bonds is 5. The van der Waals surface area contributed by atoms with Crippen molar-refractivity contribution < 1.29 is 4.42 Å². The summed E-state index contributed by atoms with van der Waals surface area (Å²) in [6.45, 7) is 3.22. The van der Waals surface area contributed by atoms with Gasteiger partial charge in [0.1, 0.15) is 5.82 Å². The molecule has 0 fully saturated rings. The van der Waals surface area contributed by atoms with Crippen LogP contribution in [0.5, 0.6) is 0 Å². The molecule has 2 aromatic rings. The SMILES string of the molecule is Cc1nnc(CNCCc2nccn2C)o1. The first-order chi connectivity index (χ1) is 7.75. The summed E-state index contributed by atoms with van der Waals surface area (Å²) >= 11 is 0. The Morgan fingerprint density at radius 1 is 1.44 bits per heavy atom. The normalized spacial score (nSPS) is 10.9. The summed E-state index contributed by atoms with van der Waals surface area (Å²) in [5.74, 6) is 2.28. The fourth-order valence-electron chi connectivity index (χ4n) is 1.44. The zero-order chi connectivity index (χ0) is 11.4. The van der Waals surface area contributed by atoms with Gasteiger partial charge >= 0.3 is 0 Å². The second kappa shape index (κ2) is 4.89. The maximum atomic E-state index is 5.24. The Morgan fingerprint density at radius 3 is 2.94 bits per heavy atom. The number of aryl methyl sites for hydroxylation is 2. The molecule has 0 bridgehead atoms. The molecule has 16 heavy (non-hydrogen) atoms. The van der Waals surface area contributed by atoms with Crippen LogP contribution < -0.4 is 5.32 Å². The molecule has 0 aliphatic carbocycles.